The smallest absolute Gasteiger partial charge is 0.0965 e. The van der Waals surface area contributed by atoms with E-state index in [-0.39, 0.29) is 5.41 Å². The summed E-state index contributed by atoms with van der Waals surface area (Å²) in [5.41, 5.74) is 5.52. The van der Waals surface area contributed by atoms with Crippen molar-refractivity contribution in [3.8, 4) is 0 Å². The highest BCUT2D eigenvalue weighted by Crippen LogP contribution is 2.35. The lowest BCUT2D eigenvalue weighted by Crippen LogP contribution is -2.35. The number of rotatable bonds is 1. The van der Waals surface area contributed by atoms with Gasteiger partial charge in [0.15, 0.2) is 0 Å². The van der Waals surface area contributed by atoms with Crippen LogP contribution in [0.25, 0.3) is 0 Å². The Labute approximate surface area is 62.3 Å². The van der Waals surface area contributed by atoms with Crippen molar-refractivity contribution < 1.29 is 0 Å². The molecule has 2 nitrogen and oxygen atoms in total. The van der Waals surface area contributed by atoms with E-state index in [0.29, 0.717) is 5.84 Å². The SMILES string of the molecule is CC1(C(=N)N)CCCCC1. The molecule has 1 rings (SSSR count). The molecule has 0 saturated heterocycles. The monoisotopic (exact) mass is 140 g/mol. The van der Waals surface area contributed by atoms with Crippen LogP contribution in [0, 0.1) is 10.8 Å². The lowest BCUT2D eigenvalue weighted by atomic mass is 9.75. The van der Waals surface area contributed by atoms with Gasteiger partial charge in [-0.25, -0.2) is 0 Å². The average Bonchev–Trinajstić information content (AvgIpc) is 1.89. The van der Waals surface area contributed by atoms with E-state index in [1.807, 2.05) is 0 Å². The maximum atomic E-state index is 7.36. The molecule has 3 N–H and O–H groups in total. The van der Waals surface area contributed by atoms with E-state index in [0.717, 1.165) is 12.8 Å². The molecule has 1 fully saturated rings. The molecule has 0 bridgehead atoms. The molecule has 58 valence electrons. The lowest BCUT2D eigenvalue weighted by Gasteiger charge is -2.31. The zero-order valence-electron chi connectivity index (χ0n) is 6.61. The fraction of sp³-hybridized carbons (Fsp3) is 0.875. The highest BCUT2D eigenvalue weighted by atomic mass is 14.7. The van der Waals surface area contributed by atoms with E-state index >= 15 is 0 Å². The normalized spacial score (nSPS) is 24.1. The van der Waals surface area contributed by atoms with Gasteiger partial charge in [0.25, 0.3) is 0 Å². The first-order chi connectivity index (χ1) is 4.65. The van der Waals surface area contributed by atoms with Crippen LogP contribution in [0.1, 0.15) is 39.0 Å². The Morgan fingerprint density at radius 3 is 2.10 bits per heavy atom. The zero-order valence-corrected chi connectivity index (χ0v) is 6.61. The Bertz CT molecular complexity index is 134. The van der Waals surface area contributed by atoms with Crippen molar-refractivity contribution in [2.24, 2.45) is 11.1 Å². The fourth-order valence-corrected chi connectivity index (χ4v) is 1.60. The van der Waals surface area contributed by atoms with E-state index < -0.39 is 0 Å². The first-order valence-electron chi connectivity index (χ1n) is 4.00. The maximum absolute atomic E-state index is 7.36. The molecular formula is C8H16N2. The first-order valence-corrected chi connectivity index (χ1v) is 4.00. The third kappa shape index (κ3) is 1.31. The van der Waals surface area contributed by atoms with E-state index in [4.69, 9.17) is 11.1 Å². The van der Waals surface area contributed by atoms with Crippen LogP contribution in [0.4, 0.5) is 0 Å². The highest BCUT2D eigenvalue weighted by Gasteiger charge is 2.29. The summed E-state index contributed by atoms with van der Waals surface area (Å²) in [5, 5.41) is 7.36. The van der Waals surface area contributed by atoms with Gasteiger partial charge in [0.2, 0.25) is 0 Å². The van der Waals surface area contributed by atoms with Crippen LogP contribution in [-0.2, 0) is 0 Å². The Hall–Kier alpha value is -0.530. The molecule has 0 radical (unpaired) electrons. The van der Waals surface area contributed by atoms with Crippen molar-refractivity contribution in [2.75, 3.05) is 0 Å². The predicted molar refractivity (Wildman–Crippen MR) is 43.1 cm³/mol. The van der Waals surface area contributed by atoms with Crippen molar-refractivity contribution in [2.45, 2.75) is 39.0 Å². The molecule has 0 heterocycles. The third-order valence-electron chi connectivity index (χ3n) is 2.61. The average molecular weight is 140 g/mol. The molecule has 1 aliphatic carbocycles. The second-order valence-corrected chi connectivity index (χ2v) is 3.53. The van der Waals surface area contributed by atoms with Crippen LogP contribution < -0.4 is 5.73 Å². The Kier molecular flexibility index (Phi) is 1.97. The maximum Gasteiger partial charge on any atom is 0.0965 e. The van der Waals surface area contributed by atoms with Crippen molar-refractivity contribution >= 4 is 5.84 Å². The minimum Gasteiger partial charge on any atom is -0.387 e. The van der Waals surface area contributed by atoms with Gasteiger partial charge in [-0.1, -0.05) is 26.2 Å². The minimum atomic E-state index is 0.0399. The number of hydrogen-bond donors (Lipinski definition) is 2. The summed E-state index contributed by atoms with van der Waals surface area (Å²) in [7, 11) is 0. The fourth-order valence-electron chi connectivity index (χ4n) is 1.60. The first kappa shape index (κ1) is 7.58. The van der Waals surface area contributed by atoms with Gasteiger partial charge in [0.05, 0.1) is 5.84 Å². The Balaban J connectivity index is 2.56. The van der Waals surface area contributed by atoms with E-state index in [1.54, 1.807) is 0 Å². The lowest BCUT2D eigenvalue weighted by molar-refractivity contribution is 0.308. The van der Waals surface area contributed by atoms with Gasteiger partial charge in [-0.05, 0) is 12.8 Å². The summed E-state index contributed by atoms with van der Waals surface area (Å²) < 4.78 is 0. The van der Waals surface area contributed by atoms with Gasteiger partial charge in [-0.2, -0.15) is 0 Å². The second-order valence-electron chi connectivity index (χ2n) is 3.53. The van der Waals surface area contributed by atoms with E-state index in [9.17, 15) is 0 Å². The third-order valence-corrected chi connectivity index (χ3v) is 2.61. The summed E-state index contributed by atoms with van der Waals surface area (Å²) >= 11 is 0. The summed E-state index contributed by atoms with van der Waals surface area (Å²) in [6, 6.07) is 0. The van der Waals surface area contributed by atoms with Crippen molar-refractivity contribution in [3.05, 3.63) is 0 Å². The van der Waals surface area contributed by atoms with Gasteiger partial charge in [0.1, 0.15) is 0 Å². The molecule has 0 atom stereocenters. The van der Waals surface area contributed by atoms with Crippen LogP contribution in [0.2, 0.25) is 0 Å². The molecule has 0 unspecified atom stereocenters. The predicted octanol–water partition coefficient (Wildman–Crippen LogP) is 1.89. The molecular weight excluding hydrogens is 124 g/mol. The molecule has 0 aromatic heterocycles. The molecule has 0 aromatic rings. The van der Waals surface area contributed by atoms with Crippen LogP contribution in [0.5, 0.6) is 0 Å². The number of nitrogens with two attached hydrogens (primary N) is 1. The van der Waals surface area contributed by atoms with E-state index in [2.05, 4.69) is 6.92 Å². The van der Waals surface area contributed by atoms with Gasteiger partial charge >= 0.3 is 0 Å². The summed E-state index contributed by atoms with van der Waals surface area (Å²) in [4.78, 5) is 0. The van der Waals surface area contributed by atoms with Gasteiger partial charge in [-0.15, -0.1) is 0 Å². The molecule has 1 saturated carbocycles. The quantitative estimate of drug-likeness (QED) is 0.424. The molecule has 0 aliphatic heterocycles. The van der Waals surface area contributed by atoms with Gasteiger partial charge < -0.3 is 5.73 Å². The summed E-state index contributed by atoms with van der Waals surface area (Å²) in [5.74, 6) is 0.382. The molecule has 0 amide bonds. The molecule has 0 spiro atoms. The van der Waals surface area contributed by atoms with Crippen molar-refractivity contribution in [1.82, 2.24) is 0 Å². The summed E-state index contributed by atoms with van der Waals surface area (Å²) in [6.45, 7) is 2.11. The van der Waals surface area contributed by atoms with Crippen LogP contribution in [0.3, 0.4) is 0 Å². The van der Waals surface area contributed by atoms with Gasteiger partial charge in [-0.3, -0.25) is 5.41 Å². The largest absolute Gasteiger partial charge is 0.387 e. The molecule has 2 heteroatoms. The highest BCUT2D eigenvalue weighted by molar-refractivity contribution is 5.83. The number of hydrogen-bond acceptors (Lipinski definition) is 1. The number of amidine groups is 1. The summed E-state index contributed by atoms with van der Waals surface area (Å²) in [6.07, 6.45) is 6.04. The Morgan fingerprint density at radius 2 is 1.80 bits per heavy atom. The second kappa shape index (κ2) is 2.60. The molecule has 10 heavy (non-hydrogen) atoms. The topological polar surface area (TPSA) is 49.9 Å². The zero-order chi connectivity index (χ0) is 7.61. The van der Waals surface area contributed by atoms with Gasteiger partial charge in [0, 0.05) is 5.41 Å². The van der Waals surface area contributed by atoms with Crippen molar-refractivity contribution in [3.63, 3.8) is 0 Å². The number of nitrogens with one attached hydrogen (secondary N) is 1. The minimum absolute atomic E-state index is 0.0399. The van der Waals surface area contributed by atoms with Crippen molar-refractivity contribution in [1.29, 1.82) is 5.41 Å². The van der Waals surface area contributed by atoms with Crippen LogP contribution >= 0.6 is 0 Å². The van der Waals surface area contributed by atoms with E-state index in [1.165, 1.54) is 19.3 Å². The molecule has 1 aliphatic rings. The molecule has 0 aromatic carbocycles. The Morgan fingerprint density at radius 1 is 1.30 bits per heavy atom. The van der Waals surface area contributed by atoms with Crippen LogP contribution in [0.15, 0.2) is 0 Å². The van der Waals surface area contributed by atoms with Crippen LogP contribution in [-0.4, -0.2) is 5.84 Å². The standard InChI is InChI=1S/C8H16N2/c1-8(7(9)10)5-3-2-4-6-8/h2-6H2,1H3,(H3,9,10).